The molecule has 1 aromatic carbocycles. The zero-order valence-electron chi connectivity index (χ0n) is 14.3. The number of furan rings is 1. The number of nitriles is 1. The lowest BCUT2D eigenvalue weighted by molar-refractivity contribution is -0.384. The van der Waals surface area contributed by atoms with Crippen molar-refractivity contribution in [3.63, 3.8) is 0 Å². The number of anilines is 1. The lowest BCUT2D eigenvalue weighted by Gasteiger charge is -1.99. The number of nitrogens with zero attached hydrogens (tertiary/aromatic N) is 4. The summed E-state index contributed by atoms with van der Waals surface area (Å²) in [6.45, 7) is 0. The number of nitro benzene ring substituents is 1. The second-order valence-corrected chi connectivity index (χ2v) is 6.74. The van der Waals surface area contributed by atoms with Gasteiger partial charge in [0.25, 0.3) is 11.6 Å². The monoisotopic (exact) mass is 413 g/mol. The van der Waals surface area contributed by atoms with Gasteiger partial charge in [-0.25, -0.2) is 0 Å². The van der Waals surface area contributed by atoms with Crippen LogP contribution in [0.15, 0.2) is 51.5 Å². The maximum atomic E-state index is 12.2. The molecule has 0 unspecified atom stereocenters. The lowest BCUT2D eigenvalue weighted by Crippen LogP contribution is -2.13. The maximum absolute atomic E-state index is 12.2. The van der Waals surface area contributed by atoms with E-state index in [4.69, 9.17) is 4.42 Å². The number of amides is 1. The normalized spacial score (nSPS) is 11.1. The van der Waals surface area contributed by atoms with Crippen molar-refractivity contribution in [1.82, 2.24) is 9.36 Å². The zero-order valence-corrected chi connectivity index (χ0v) is 15.9. The highest BCUT2D eigenvalue weighted by Crippen LogP contribution is 2.25. The number of rotatable bonds is 6. The van der Waals surface area contributed by atoms with Crippen LogP contribution < -0.4 is 5.32 Å². The standard InChI is InChI=1S/C17H11N5O4S2/c1-27-17-20-16(28-21-17)19-15(23)11(9-18)8-13-6-7-14(26-13)10-2-4-12(5-3-10)22(24)25/h2-8H,1H3,(H,19,20,21,23)/b11-8-. The van der Waals surface area contributed by atoms with E-state index in [1.54, 1.807) is 24.3 Å². The van der Waals surface area contributed by atoms with Gasteiger partial charge in [-0.3, -0.25) is 20.2 Å². The molecule has 0 aliphatic carbocycles. The topological polar surface area (TPSA) is 135 Å². The number of nitro groups is 1. The third-order valence-electron chi connectivity index (χ3n) is 3.45. The van der Waals surface area contributed by atoms with Gasteiger partial charge < -0.3 is 4.42 Å². The van der Waals surface area contributed by atoms with Crippen LogP contribution in [0.1, 0.15) is 5.76 Å². The number of non-ortho nitro benzene ring substituents is 1. The second kappa shape index (κ2) is 8.47. The molecule has 0 bridgehead atoms. The van der Waals surface area contributed by atoms with Gasteiger partial charge in [-0.15, -0.1) is 0 Å². The molecule has 0 spiro atoms. The van der Waals surface area contributed by atoms with Crippen LogP contribution in [0.5, 0.6) is 0 Å². The molecule has 1 N–H and O–H groups in total. The van der Waals surface area contributed by atoms with Gasteiger partial charge >= 0.3 is 0 Å². The molecule has 0 saturated carbocycles. The van der Waals surface area contributed by atoms with Crippen molar-refractivity contribution in [3.8, 4) is 17.4 Å². The predicted octanol–water partition coefficient (Wildman–Crippen LogP) is 3.97. The Morgan fingerprint density at radius 3 is 2.71 bits per heavy atom. The fourth-order valence-electron chi connectivity index (χ4n) is 2.13. The van der Waals surface area contributed by atoms with Gasteiger partial charge in [0.1, 0.15) is 23.2 Å². The highest BCUT2D eigenvalue weighted by molar-refractivity contribution is 7.98. The minimum atomic E-state index is -0.625. The van der Waals surface area contributed by atoms with Crippen molar-refractivity contribution in [2.45, 2.75) is 5.16 Å². The number of carbonyl (C=O) groups excluding carboxylic acids is 1. The Morgan fingerprint density at radius 1 is 1.36 bits per heavy atom. The van der Waals surface area contributed by atoms with E-state index in [1.165, 1.54) is 30.0 Å². The molecule has 0 fully saturated rings. The minimum absolute atomic E-state index is 0.0276. The summed E-state index contributed by atoms with van der Waals surface area (Å²) in [6.07, 6.45) is 3.12. The predicted molar refractivity (Wildman–Crippen MR) is 105 cm³/mol. The molecular formula is C17H11N5O4S2. The fraction of sp³-hybridized carbons (Fsp3) is 0.0588. The van der Waals surface area contributed by atoms with Crippen molar-refractivity contribution in [2.75, 3.05) is 11.6 Å². The first-order chi connectivity index (χ1) is 13.5. The van der Waals surface area contributed by atoms with E-state index in [0.717, 1.165) is 11.5 Å². The van der Waals surface area contributed by atoms with Gasteiger partial charge in [-0.2, -0.15) is 14.6 Å². The molecule has 0 radical (unpaired) electrons. The van der Waals surface area contributed by atoms with Crippen LogP contribution in [0.2, 0.25) is 0 Å². The summed E-state index contributed by atoms with van der Waals surface area (Å²) in [5.41, 5.74) is 0.442. The van der Waals surface area contributed by atoms with Gasteiger partial charge in [0.2, 0.25) is 10.3 Å². The Hall–Kier alpha value is -3.49. The van der Waals surface area contributed by atoms with E-state index in [2.05, 4.69) is 14.7 Å². The lowest BCUT2D eigenvalue weighted by atomic mass is 10.1. The van der Waals surface area contributed by atoms with Crippen LogP contribution in [0.25, 0.3) is 17.4 Å². The molecule has 11 heteroatoms. The van der Waals surface area contributed by atoms with Gasteiger partial charge in [0, 0.05) is 35.3 Å². The molecule has 2 heterocycles. The summed E-state index contributed by atoms with van der Waals surface area (Å²) in [5.74, 6) is 0.120. The van der Waals surface area contributed by atoms with E-state index in [-0.39, 0.29) is 11.3 Å². The van der Waals surface area contributed by atoms with Gasteiger partial charge in [0.15, 0.2) is 0 Å². The Morgan fingerprint density at radius 2 is 2.11 bits per heavy atom. The average molecular weight is 413 g/mol. The first-order valence-corrected chi connectivity index (χ1v) is 9.65. The molecule has 28 heavy (non-hydrogen) atoms. The van der Waals surface area contributed by atoms with E-state index in [1.807, 2.05) is 12.3 Å². The highest BCUT2D eigenvalue weighted by Gasteiger charge is 2.14. The number of hydrogen-bond acceptors (Lipinski definition) is 9. The first kappa shape index (κ1) is 19.3. The van der Waals surface area contributed by atoms with Crippen molar-refractivity contribution in [3.05, 3.63) is 57.8 Å². The molecular weight excluding hydrogens is 402 g/mol. The quantitative estimate of drug-likeness (QED) is 0.211. The molecule has 0 aliphatic heterocycles. The second-order valence-electron chi connectivity index (χ2n) is 5.22. The fourth-order valence-corrected chi connectivity index (χ4v) is 3.25. The van der Waals surface area contributed by atoms with E-state index < -0.39 is 10.8 Å². The average Bonchev–Trinajstić information content (AvgIpc) is 3.35. The molecule has 140 valence electrons. The molecule has 3 aromatic rings. The molecule has 2 aromatic heterocycles. The molecule has 1 amide bonds. The van der Waals surface area contributed by atoms with Crippen LogP contribution in [0, 0.1) is 21.4 Å². The van der Waals surface area contributed by atoms with Crippen LogP contribution in [0.4, 0.5) is 10.8 Å². The van der Waals surface area contributed by atoms with E-state index >= 15 is 0 Å². The molecule has 0 atom stereocenters. The number of hydrogen-bond donors (Lipinski definition) is 1. The van der Waals surface area contributed by atoms with Crippen molar-refractivity contribution in [2.24, 2.45) is 0 Å². The summed E-state index contributed by atoms with van der Waals surface area (Å²) in [4.78, 5) is 26.6. The minimum Gasteiger partial charge on any atom is -0.457 e. The highest BCUT2D eigenvalue weighted by atomic mass is 32.2. The van der Waals surface area contributed by atoms with E-state index in [0.29, 0.717) is 27.4 Å². The Labute approximate surface area is 167 Å². The summed E-state index contributed by atoms with van der Waals surface area (Å²) in [5, 5.41) is 23.3. The van der Waals surface area contributed by atoms with Crippen LogP contribution in [-0.2, 0) is 4.79 Å². The van der Waals surface area contributed by atoms with Gasteiger partial charge in [0.05, 0.1) is 4.92 Å². The van der Waals surface area contributed by atoms with Crippen LogP contribution in [-0.4, -0.2) is 26.4 Å². The number of carbonyl (C=O) groups is 1. The van der Waals surface area contributed by atoms with Crippen LogP contribution in [0.3, 0.4) is 0 Å². The third kappa shape index (κ3) is 4.43. The SMILES string of the molecule is CSc1nsc(NC(=O)/C(C#N)=C\c2ccc(-c3ccc([N+](=O)[O-])cc3)o2)n1. The number of aromatic nitrogens is 2. The number of thioether (sulfide) groups is 1. The summed E-state index contributed by atoms with van der Waals surface area (Å²) < 4.78 is 9.64. The number of nitrogens with one attached hydrogen (secondary N) is 1. The van der Waals surface area contributed by atoms with E-state index in [9.17, 15) is 20.2 Å². The Balaban J connectivity index is 1.76. The maximum Gasteiger partial charge on any atom is 0.269 e. The van der Waals surface area contributed by atoms with Gasteiger partial charge in [-0.1, -0.05) is 11.8 Å². The first-order valence-electron chi connectivity index (χ1n) is 7.65. The van der Waals surface area contributed by atoms with Crippen molar-refractivity contribution >= 4 is 46.1 Å². The molecule has 0 aliphatic rings. The molecule has 9 nitrogen and oxygen atoms in total. The van der Waals surface area contributed by atoms with Gasteiger partial charge in [-0.05, 0) is 30.5 Å². The largest absolute Gasteiger partial charge is 0.457 e. The van der Waals surface area contributed by atoms with Crippen molar-refractivity contribution < 1.29 is 14.1 Å². The molecule has 3 rings (SSSR count). The summed E-state index contributed by atoms with van der Waals surface area (Å²) >= 11 is 2.36. The zero-order chi connectivity index (χ0) is 20.1. The van der Waals surface area contributed by atoms with Crippen molar-refractivity contribution in [1.29, 1.82) is 5.26 Å². The third-order valence-corrected chi connectivity index (χ3v) is 4.75. The van der Waals surface area contributed by atoms with Crippen LogP contribution >= 0.6 is 23.3 Å². The summed E-state index contributed by atoms with van der Waals surface area (Å²) in [7, 11) is 0. The molecule has 0 saturated heterocycles. The Bertz CT molecular complexity index is 1100. The Kier molecular flexibility index (Phi) is 5.83. The summed E-state index contributed by atoms with van der Waals surface area (Å²) in [6, 6.07) is 10.9. The smallest absolute Gasteiger partial charge is 0.269 e. The number of benzene rings is 1.